The molecular formula is C31H26O6. The number of aromatic hydroxyl groups is 1. The Morgan fingerprint density at radius 2 is 1.73 bits per heavy atom. The van der Waals surface area contributed by atoms with Crippen LogP contribution in [0.25, 0.3) is 16.8 Å². The SMILES string of the molecule is COC(=O)c1c2c(c3ccccc3c1O)OC(c1ccc(OC)cc1)(c1ccc3c(c1)CC(C)O3)C=C2. The van der Waals surface area contributed by atoms with Gasteiger partial charge in [-0.3, -0.25) is 0 Å². The molecule has 4 aromatic rings. The van der Waals surface area contributed by atoms with E-state index in [1.807, 2.05) is 66.7 Å². The van der Waals surface area contributed by atoms with E-state index in [0.29, 0.717) is 22.1 Å². The number of phenolic OH excluding ortho intramolecular Hbond substituents is 1. The Hall–Kier alpha value is -4.45. The van der Waals surface area contributed by atoms with E-state index in [2.05, 4.69) is 13.0 Å². The zero-order chi connectivity index (χ0) is 25.7. The molecule has 0 amide bonds. The topological polar surface area (TPSA) is 74.2 Å². The largest absolute Gasteiger partial charge is 0.506 e. The maximum Gasteiger partial charge on any atom is 0.342 e. The second-order valence-corrected chi connectivity index (χ2v) is 9.36. The zero-order valence-electron chi connectivity index (χ0n) is 20.8. The van der Waals surface area contributed by atoms with Crippen molar-refractivity contribution in [2.24, 2.45) is 0 Å². The Labute approximate surface area is 214 Å². The molecule has 0 radical (unpaired) electrons. The molecule has 2 heterocycles. The highest BCUT2D eigenvalue weighted by atomic mass is 16.5. The summed E-state index contributed by atoms with van der Waals surface area (Å²) in [6.45, 7) is 2.05. The quantitative estimate of drug-likeness (QED) is 0.350. The lowest BCUT2D eigenvalue weighted by atomic mass is 9.81. The Morgan fingerprint density at radius 3 is 2.46 bits per heavy atom. The second-order valence-electron chi connectivity index (χ2n) is 9.36. The lowest BCUT2D eigenvalue weighted by Crippen LogP contribution is -2.35. The van der Waals surface area contributed by atoms with Gasteiger partial charge in [0.05, 0.1) is 14.2 Å². The van der Waals surface area contributed by atoms with Gasteiger partial charge in [-0.1, -0.05) is 42.5 Å². The van der Waals surface area contributed by atoms with Crippen molar-refractivity contribution in [2.75, 3.05) is 14.2 Å². The van der Waals surface area contributed by atoms with Crippen LogP contribution < -0.4 is 14.2 Å². The van der Waals surface area contributed by atoms with Crippen LogP contribution in [-0.2, 0) is 16.8 Å². The third kappa shape index (κ3) is 3.51. The molecule has 0 aromatic heterocycles. The van der Waals surface area contributed by atoms with E-state index in [4.69, 9.17) is 18.9 Å². The number of fused-ring (bicyclic) bond motifs is 4. The zero-order valence-corrected chi connectivity index (χ0v) is 20.8. The molecule has 2 aliphatic rings. The molecule has 6 nitrogen and oxygen atoms in total. The summed E-state index contributed by atoms with van der Waals surface area (Å²) in [7, 11) is 2.93. The minimum absolute atomic E-state index is 0.0759. The summed E-state index contributed by atoms with van der Waals surface area (Å²) in [5.74, 6) is 1.35. The van der Waals surface area contributed by atoms with E-state index in [9.17, 15) is 9.90 Å². The Balaban J connectivity index is 1.62. The van der Waals surface area contributed by atoms with Gasteiger partial charge in [0.1, 0.15) is 34.7 Å². The molecule has 0 aliphatic carbocycles. The van der Waals surface area contributed by atoms with Crippen molar-refractivity contribution in [1.29, 1.82) is 0 Å². The number of benzene rings is 4. The molecule has 0 fully saturated rings. The molecule has 6 rings (SSSR count). The maximum absolute atomic E-state index is 12.8. The molecule has 6 heteroatoms. The predicted molar refractivity (Wildman–Crippen MR) is 141 cm³/mol. The van der Waals surface area contributed by atoms with Gasteiger partial charge in [0.2, 0.25) is 0 Å². The van der Waals surface area contributed by atoms with E-state index >= 15 is 0 Å². The number of hydrogen-bond donors (Lipinski definition) is 1. The number of rotatable bonds is 4. The Bertz CT molecular complexity index is 1570. The van der Waals surface area contributed by atoms with Crippen molar-refractivity contribution >= 4 is 22.8 Å². The predicted octanol–water partition coefficient (Wildman–Crippen LogP) is 6.01. The van der Waals surface area contributed by atoms with Gasteiger partial charge in [-0.25, -0.2) is 4.79 Å². The molecule has 0 bridgehead atoms. The van der Waals surface area contributed by atoms with Gasteiger partial charge in [0, 0.05) is 33.9 Å². The summed E-state index contributed by atoms with van der Waals surface area (Å²) in [4.78, 5) is 12.8. The van der Waals surface area contributed by atoms with Crippen molar-refractivity contribution in [3.8, 4) is 23.0 Å². The molecule has 2 atom stereocenters. The summed E-state index contributed by atoms with van der Waals surface area (Å²) in [5.41, 5.74) is 2.48. The first-order valence-corrected chi connectivity index (χ1v) is 12.1. The lowest BCUT2D eigenvalue weighted by molar-refractivity contribution is 0.0596. The summed E-state index contributed by atoms with van der Waals surface area (Å²) in [6.07, 6.45) is 4.69. The second kappa shape index (κ2) is 8.59. The first kappa shape index (κ1) is 23.0. The van der Waals surface area contributed by atoms with Crippen LogP contribution in [0.3, 0.4) is 0 Å². The van der Waals surface area contributed by atoms with Crippen LogP contribution in [-0.4, -0.2) is 31.4 Å². The third-order valence-corrected chi connectivity index (χ3v) is 7.16. The maximum atomic E-state index is 12.8. The van der Waals surface area contributed by atoms with Gasteiger partial charge in [0.25, 0.3) is 0 Å². The molecule has 186 valence electrons. The third-order valence-electron chi connectivity index (χ3n) is 7.16. The average molecular weight is 495 g/mol. The van der Waals surface area contributed by atoms with Crippen LogP contribution in [0.4, 0.5) is 0 Å². The highest BCUT2D eigenvalue weighted by molar-refractivity contribution is 6.08. The molecule has 37 heavy (non-hydrogen) atoms. The summed E-state index contributed by atoms with van der Waals surface area (Å²) >= 11 is 0. The van der Waals surface area contributed by atoms with E-state index < -0.39 is 11.6 Å². The van der Waals surface area contributed by atoms with Crippen molar-refractivity contribution < 1.29 is 28.8 Å². The fourth-order valence-corrected chi connectivity index (χ4v) is 5.35. The summed E-state index contributed by atoms with van der Waals surface area (Å²) in [5, 5.41) is 12.2. The number of hydrogen-bond acceptors (Lipinski definition) is 6. The van der Waals surface area contributed by atoms with E-state index in [0.717, 1.165) is 34.6 Å². The average Bonchev–Trinajstić information content (AvgIpc) is 3.32. The Kier molecular flexibility index (Phi) is 5.33. The smallest absolute Gasteiger partial charge is 0.342 e. The van der Waals surface area contributed by atoms with Gasteiger partial charge >= 0.3 is 5.97 Å². The molecule has 0 saturated carbocycles. The standard InChI is InChI=1S/C31H26O6/c1-18-16-19-17-21(10-13-26(19)36-18)31(20-8-11-22(34-2)12-9-20)15-14-25-27(30(33)35-3)28(32)23-6-4-5-7-24(23)29(25)37-31/h4-15,17-18,32H,16H2,1-3H3. The van der Waals surface area contributed by atoms with Crippen LogP contribution >= 0.6 is 0 Å². The summed E-state index contributed by atoms with van der Waals surface area (Å²) < 4.78 is 23.3. The van der Waals surface area contributed by atoms with Crippen molar-refractivity contribution in [2.45, 2.75) is 25.0 Å². The lowest BCUT2D eigenvalue weighted by Gasteiger charge is -2.37. The molecule has 0 saturated heterocycles. The molecule has 4 aromatic carbocycles. The van der Waals surface area contributed by atoms with Gasteiger partial charge in [-0.15, -0.1) is 0 Å². The van der Waals surface area contributed by atoms with Gasteiger partial charge in [-0.2, -0.15) is 0 Å². The highest BCUT2D eigenvalue weighted by Crippen LogP contribution is 2.50. The minimum atomic E-state index is -1.01. The number of carbonyl (C=O) groups excluding carboxylic acids is 1. The fourth-order valence-electron chi connectivity index (χ4n) is 5.35. The number of methoxy groups -OCH3 is 2. The van der Waals surface area contributed by atoms with E-state index in [1.54, 1.807) is 13.2 Å². The first-order valence-electron chi connectivity index (χ1n) is 12.1. The van der Waals surface area contributed by atoms with Crippen molar-refractivity contribution in [3.63, 3.8) is 0 Å². The van der Waals surface area contributed by atoms with Crippen LogP contribution in [0, 0.1) is 0 Å². The normalized spacial score (nSPS) is 19.5. The number of phenols is 1. The number of ether oxygens (including phenoxy) is 4. The number of carbonyl (C=O) groups is 1. The van der Waals surface area contributed by atoms with Gasteiger partial charge < -0.3 is 24.1 Å². The van der Waals surface area contributed by atoms with Crippen LogP contribution in [0.2, 0.25) is 0 Å². The monoisotopic (exact) mass is 494 g/mol. The molecule has 2 unspecified atom stereocenters. The van der Waals surface area contributed by atoms with Crippen LogP contribution in [0.5, 0.6) is 23.0 Å². The molecule has 0 spiro atoms. The molecule has 2 aliphatic heterocycles. The van der Waals surface area contributed by atoms with E-state index in [1.165, 1.54) is 7.11 Å². The highest BCUT2D eigenvalue weighted by Gasteiger charge is 2.40. The number of esters is 1. The fraction of sp³-hybridized carbons (Fsp3) is 0.194. The minimum Gasteiger partial charge on any atom is -0.506 e. The molecular weight excluding hydrogens is 468 g/mol. The van der Waals surface area contributed by atoms with E-state index in [-0.39, 0.29) is 17.4 Å². The summed E-state index contributed by atoms with van der Waals surface area (Å²) in [6, 6.07) is 21.2. The molecule has 1 N–H and O–H groups in total. The van der Waals surface area contributed by atoms with Crippen LogP contribution in [0.15, 0.2) is 72.8 Å². The Morgan fingerprint density at radius 1 is 1.00 bits per heavy atom. The van der Waals surface area contributed by atoms with Gasteiger partial charge in [0.15, 0.2) is 5.60 Å². The van der Waals surface area contributed by atoms with Gasteiger partial charge in [-0.05, 0) is 48.9 Å². The van der Waals surface area contributed by atoms with Crippen molar-refractivity contribution in [1.82, 2.24) is 0 Å². The van der Waals surface area contributed by atoms with Crippen molar-refractivity contribution in [3.05, 3.63) is 101 Å². The van der Waals surface area contributed by atoms with Crippen LogP contribution in [0.1, 0.15) is 39.5 Å². The first-order chi connectivity index (χ1) is 17.9.